The van der Waals surface area contributed by atoms with Crippen LogP contribution in [0.15, 0.2) is 47.4 Å². The Hall–Kier alpha value is -1.25. The molecule has 140 valence electrons. The number of para-hydroxylation sites is 1. The number of amides is 1. The Morgan fingerprint density at radius 1 is 1.15 bits per heavy atom. The number of rotatable bonds is 7. The zero-order valence-electron chi connectivity index (χ0n) is 14.2. The van der Waals surface area contributed by atoms with Gasteiger partial charge in [0.1, 0.15) is 0 Å². The van der Waals surface area contributed by atoms with Gasteiger partial charge < -0.3 is 5.32 Å². The van der Waals surface area contributed by atoms with Crippen LogP contribution in [-0.2, 0) is 21.4 Å². The average Bonchev–Trinajstić information content (AvgIpc) is 2.57. The van der Waals surface area contributed by atoms with E-state index >= 15 is 0 Å². The van der Waals surface area contributed by atoms with Crippen molar-refractivity contribution >= 4 is 56.6 Å². The second-order valence-electron chi connectivity index (χ2n) is 5.53. The van der Waals surface area contributed by atoms with Gasteiger partial charge in [0.15, 0.2) is 0 Å². The van der Waals surface area contributed by atoms with Crippen molar-refractivity contribution in [2.75, 3.05) is 24.4 Å². The molecule has 2 aromatic carbocycles. The topological polar surface area (TPSA) is 66.5 Å². The lowest BCUT2D eigenvalue weighted by Crippen LogP contribution is -2.37. The van der Waals surface area contributed by atoms with Gasteiger partial charge in [-0.3, -0.25) is 4.79 Å². The molecule has 0 heterocycles. The van der Waals surface area contributed by atoms with Crippen molar-refractivity contribution in [2.45, 2.75) is 11.4 Å². The second-order valence-corrected chi connectivity index (χ2v) is 9.17. The zero-order chi connectivity index (χ0) is 19.3. The van der Waals surface area contributed by atoms with Crippen LogP contribution in [0.4, 0.5) is 5.69 Å². The van der Waals surface area contributed by atoms with Gasteiger partial charge in [0, 0.05) is 11.4 Å². The number of sulfonamides is 1. The Morgan fingerprint density at radius 3 is 2.46 bits per heavy atom. The summed E-state index contributed by atoms with van der Waals surface area (Å²) in [4.78, 5) is 13.3. The first-order chi connectivity index (χ1) is 12.2. The molecule has 26 heavy (non-hydrogen) atoms. The monoisotopic (exact) mass is 432 g/mol. The quantitative estimate of drug-likeness (QED) is 0.668. The van der Waals surface area contributed by atoms with Crippen LogP contribution in [0, 0.1) is 0 Å². The molecule has 0 fully saturated rings. The molecule has 0 saturated carbocycles. The first-order valence-electron chi connectivity index (χ1n) is 7.52. The van der Waals surface area contributed by atoms with Gasteiger partial charge >= 0.3 is 0 Å². The van der Waals surface area contributed by atoms with Crippen molar-refractivity contribution < 1.29 is 13.2 Å². The fourth-order valence-corrected chi connectivity index (χ4v) is 3.84. The van der Waals surface area contributed by atoms with Crippen molar-refractivity contribution in [1.29, 1.82) is 0 Å². The number of carbonyl (C=O) groups is 1. The van der Waals surface area contributed by atoms with Gasteiger partial charge in [-0.1, -0.05) is 41.4 Å². The predicted octanol–water partition coefficient (Wildman–Crippen LogP) is 4.12. The van der Waals surface area contributed by atoms with Gasteiger partial charge in [0.05, 0.1) is 28.5 Å². The summed E-state index contributed by atoms with van der Waals surface area (Å²) in [5, 5.41) is 3.47. The summed E-state index contributed by atoms with van der Waals surface area (Å²) in [6.45, 7) is -0.283. The van der Waals surface area contributed by atoms with Crippen LogP contribution in [0.3, 0.4) is 0 Å². The van der Waals surface area contributed by atoms with Crippen molar-refractivity contribution in [3.8, 4) is 0 Å². The maximum Gasteiger partial charge on any atom is 0.239 e. The molecule has 2 aromatic rings. The van der Waals surface area contributed by atoms with Crippen LogP contribution in [-0.4, -0.2) is 37.7 Å². The standard InChI is InChI=1S/C17H18Cl2N2O3S2/c1-25-16-6-4-3-5-15(16)20-17(22)11-21(26(2,23)24)10-12-7-8-13(18)14(19)9-12/h3-9H,10-11H2,1-2H3,(H,20,22). The number of halogens is 2. The van der Waals surface area contributed by atoms with E-state index in [9.17, 15) is 13.2 Å². The van der Waals surface area contributed by atoms with E-state index < -0.39 is 15.9 Å². The van der Waals surface area contributed by atoms with Crippen LogP contribution in [0.5, 0.6) is 0 Å². The van der Waals surface area contributed by atoms with Gasteiger partial charge in [0.25, 0.3) is 0 Å². The van der Waals surface area contributed by atoms with Crippen LogP contribution in [0.25, 0.3) is 0 Å². The Balaban J connectivity index is 2.15. The van der Waals surface area contributed by atoms with Crippen LogP contribution in [0.2, 0.25) is 10.0 Å². The third kappa shape index (κ3) is 5.89. The molecule has 0 aliphatic rings. The average molecular weight is 433 g/mol. The highest BCUT2D eigenvalue weighted by Gasteiger charge is 2.21. The molecule has 2 rings (SSSR count). The Bertz CT molecular complexity index is 905. The molecule has 1 amide bonds. The van der Waals surface area contributed by atoms with E-state index in [1.807, 2.05) is 18.4 Å². The number of nitrogens with one attached hydrogen (secondary N) is 1. The molecule has 0 aliphatic carbocycles. The lowest BCUT2D eigenvalue weighted by molar-refractivity contribution is -0.116. The van der Waals surface area contributed by atoms with Crippen molar-refractivity contribution in [1.82, 2.24) is 4.31 Å². The molecule has 0 radical (unpaired) electrons. The SMILES string of the molecule is CSc1ccccc1NC(=O)CN(Cc1ccc(Cl)c(Cl)c1)S(C)(=O)=O. The molecule has 0 saturated heterocycles. The Kier molecular flexibility index (Phi) is 7.37. The van der Waals surface area contributed by atoms with Crippen molar-refractivity contribution in [3.63, 3.8) is 0 Å². The highest BCUT2D eigenvalue weighted by molar-refractivity contribution is 7.98. The smallest absolute Gasteiger partial charge is 0.239 e. The largest absolute Gasteiger partial charge is 0.324 e. The molecular weight excluding hydrogens is 415 g/mol. The third-order valence-corrected chi connectivity index (χ3v) is 6.24. The Labute approximate surface area is 167 Å². The van der Waals surface area contributed by atoms with E-state index in [0.717, 1.165) is 15.5 Å². The molecule has 0 spiro atoms. The summed E-state index contributed by atoms with van der Waals surface area (Å²) in [5.41, 5.74) is 1.29. The molecule has 9 heteroatoms. The minimum absolute atomic E-state index is 0.0211. The summed E-state index contributed by atoms with van der Waals surface area (Å²) >= 11 is 13.4. The summed E-state index contributed by atoms with van der Waals surface area (Å²) in [6, 6.07) is 12.2. The summed E-state index contributed by atoms with van der Waals surface area (Å²) in [5.74, 6) is -0.419. The lowest BCUT2D eigenvalue weighted by Gasteiger charge is -2.20. The lowest BCUT2D eigenvalue weighted by atomic mass is 10.2. The molecule has 0 unspecified atom stereocenters. The molecular formula is C17H18Cl2N2O3S2. The van der Waals surface area contributed by atoms with E-state index in [2.05, 4.69) is 5.32 Å². The van der Waals surface area contributed by atoms with E-state index in [1.165, 1.54) is 11.8 Å². The van der Waals surface area contributed by atoms with Crippen LogP contribution < -0.4 is 5.32 Å². The predicted molar refractivity (Wildman–Crippen MR) is 109 cm³/mol. The minimum atomic E-state index is -3.60. The summed E-state index contributed by atoms with van der Waals surface area (Å²) in [6.07, 6.45) is 2.96. The number of benzene rings is 2. The molecule has 1 N–H and O–H groups in total. The van der Waals surface area contributed by atoms with Gasteiger partial charge in [-0.25, -0.2) is 8.42 Å². The molecule has 0 aromatic heterocycles. The number of carbonyl (C=O) groups excluding carboxylic acids is 1. The number of anilines is 1. The van der Waals surface area contributed by atoms with Gasteiger partial charge in [-0.05, 0) is 36.1 Å². The second kappa shape index (κ2) is 9.10. The van der Waals surface area contributed by atoms with Crippen LogP contribution in [0.1, 0.15) is 5.56 Å². The summed E-state index contributed by atoms with van der Waals surface area (Å²) < 4.78 is 25.2. The van der Waals surface area contributed by atoms with Crippen molar-refractivity contribution in [2.24, 2.45) is 0 Å². The normalized spacial score (nSPS) is 11.6. The van der Waals surface area contributed by atoms with E-state index in [0.29, 0.717) is 21.3 Å². The van der Waals surface area contributed by atoms with Gasteiger partial charge in [0.2, 0.25) is 15.9 Å². The summed E-state index contributed by atoms with van der Waals surface area (Å²) in [7, 11) is -3.60. The molecule has 0 bridgehead atoms. The molecule has 0 aliphatic heterocycles. The van der Waals surface area contributed by atoms with E-state index in [-0.39, 0.29) is 13.1 Å². The number of hydrogen-bond acceptors (Lipinski definition) is 4. The third-order valence-electron chi connectivity index (χ3n) is 3.51. The highest BCUT2D eigenvalue weighted by Crippen LogP contribution is 2.25. The molecule has 5 nitrogen and oxygen atoms in total. The number of nitrogens with zero attached hydrogens (tertiary/aromatic N) is 1. The number of thioether (sulfide) groups is 1. The Morgan fingerprint density at radius 2 is 1.85 bits per heavy atom. The first-order valence-corrected chi connectivity index (χ1v) is 11.4. The van der Waals surface area contributed by atoms with Gasteiger partial charge in [-0.2, -0.15) is 4.31 Å². The maximum absolute atomic E-state index is 12.4. The van der Waals surface area contributed by atoms with Crippen LogP contribution >= 0.6 is 35.0 Å². The maximum atomic E-state index is 12.4. The highest BCUT2D eigenvalue weighted by atomic mass is 35.5. The van der Waals surface area contributed by atoms with E-state index in [1.54, 1.807) is 30.3 Å². The van der Waals surface area contributed by atoms with Crippen molar-refractivity contribution in [3.05, 3.63) is 58.1 Å². The first kappa shape index (κ1) is 21.1. The number of hydrogen-bond donors (Lipinski definition) is 1. The van der Waals surface area contributed by atoms with Gasteiger partial charge in [-0.15, -0.1) is 11.8 Å². The zero-order valence-corrected chi connectivity index (χ0v) is 17.3. The fraction of sp³-hybridized carbons (Fsp3) is 0.235. The van der Waals surface area contributed by atoms with E-state index in [4.69, 9.17) is 23.2 Å². The fourth-order valence-electron chi connectivity index (χ4n) is 2.23. The molecule has 0 atom stereocenters. The minimum Gasteiger partial charge on any atom is -0.324 e.